The summed E-state index contributed by atoms with van der Waals surface area (Å²) in [6, 6.07) is 15.2. The van der Waals surface area contributed by atoms with Crippen LogP contribution in [-0.4, -0.2) is 32.9 Å². The van der Waals surface area contributed by atoms with Crippen molar-refractivity contribution in [2.75, 3.05) is 7.11 Å². The van der Waals surface area contributed by atoms with E-state index in [2.05, 4.69) is 10.2 Å². The van der Waals surface area contributed by atoms with Crippen LogP contribution >= 0.6 is 11.8 Å². The Balaban J connectivity index is 1.78. The van der Waals surface area contributed by atoms with E-state index < -0.39 is 0 Å². The second-order valence-corrected chi connectivity index (χ2v) is 7.34. The van der Waals surface area contributed by atoms with E-state index in [-0.39, 0.29) is 11.0 Å². The average Bonchev–Trinajstić information content (AvgIpc) is 3.02. The molecule has 1 aromatic heterocycles. The second kappa shape index (κ2) is 7.74. The maximum atomic E-state index is 12.7. The van der Waals surface area contributed by atoms with Crippen molar-refractivity contribution in [2.24, 2.45) is 7.05 Å². The molecule has 3 rings (SSSR count). The van der Waals surface area contributed by atoms with E-state index >= 15 is 0 Å². The van der Waals surface area contributed by atoms with Gasteiger partial charge in [-0.15, -0.1) is 10.2 Å². The van der Waals surface area contributed by atoms with E-state index in [0.29, 0.717) is 5.56 Å². The molecule has 0 bridgehead atoms. The van der Waals surface area contributed by atoms with Gasteiger partial charge >= 0.3 is 0 Å². The molecule has 1 unspecified atom stereocenters. The molecular formula is C20H21N3O2S. The van der Waals surface area contributed by atoms with Gasteiger partial charge in [0.2, 0.25) is 0 Å². The van der Waals surface area contributed by atoms with Crippen LogP contribution in [0.2, 0.25) is 0 Å². The second-order valence-electron chi connectivity index (χ2n) is 6.03. The highest BCUT2D eigenvalue weighted by Crippen LogP contribution is 2.28. The van der Waals surface area contributed by atoms with Crippen molar-refractivity contribution in [3.63, 3.8) is 0 Å². The number of ketones is 1. The normalized spacial score (nSPS) is 12.0. The fourth-order valence-electron chi connectivity index (χ4n) is 2.68. The minimum absolute atomic E-state index is 0.0538. The van der Waals surface area contributed by atoms with Crippen LogP contribution in [0.25, 0.3) is 11.4 Å². The molecule has 3 aromatic rings. The Morgan fingerprint density at radius 3 is 2.46 bits per heavy atom. The third kappa shape index (κ3) is 3.65. The molecular weight excluding hydrogens is 346 g/mol. The number of Topliss-reactive ketones (excluding diaryl/α,β-unsaturated/α-hetero) is 1. The Labute approximate surface area is 157 Å². The van der Waals surface area contributed by atoms with Crippen molar-refractivity contribution in [2.45, 2.75) is 24.3 Å². The third-order valence-corrected chi connectivity index (χ3v) is 5.38. The molecule has 0 aliphatic heterocycles. The van der Waals surface area contributed by atoms with Crippen molar-refractivity contribution in [1.82, 2.24) is 14.8 Å². The molecule has 0 fully saturated rings. The summed E-state index contributed by atoms with van der Waals surface area (Å²) in [6.07, 6.45) is 0. The number of carbonyl (C=O) groups excluding carboxylic acids is 1. The lowest BCUT2D eigenvalue weighted by Gasteiger charge is -2.11. The maximum Gasteiger partial charge on any atom is 0.191 e. The summed E-state index contributed by atoms with van der Waals surface area (Å²) >= 11 is 1.41. The lowest BCUT2D eigenvalue weighted by atomic mass is 10.1. The molecule has 0 saturated heterocycles. The number of ether oxygens (including phenoxy) is 1. The third-order valence-electron chi connectivity index (χ3n) is 4.25. The van der Waals surface area contributed by atoms with Gasteiger partial charge in [0, 0.05) is 18.2 Å². The fourth-order valence-corrected chi connectivity index (χ4v) is 3.57. The van der Waals surface area contributed by atoms with E-state index in [1.54, 1.807) is 31.4 Å². The fraction of sp³-hybridized carbons (Fsp3) is 0.250. The van der Waals surface area contributed by atoms with E-state index in [1.165, 1.54) is 11.8 Å². The number of aryl methyl sites for hydroxylation is 1. The first-order valence-corrected chi connectivity index (χ1v) is 9.19. The Kier molecular flexibility index (Phi) is 5.42. The standard InChI is InChI=1S/C20H21N3O2S/c1-13-7-5-6-8-17(13)19-21-22-20(23(19)3)26-14(2)18(24)15-9-11-16(25-4)12-10-15/h5-12,14H,1-4H3. The van der Waals surface area contributed by atoms with Gasteiger partial charge in [-0.25, -0.2) is 0 Å². The molecule has 0 aliphatic carbocycles. The summed E-state index contributed by atoms with van der Waals surface area (Å²) in [5.41, 5.74) is 2.84. The van der Waals surface area contributed by atoms with Gasteiger partial charge in [0.1, 0.15) is 5.75 Å². The summed E-state index contributed by atoms with van der Waals surface area (Å²) in [6.45, 7) is 3.94. The van der Waals surface area contributed by atoms with Gasteiger partial charge in [0.05, 0.1) is 12.4 Å². The number of nitrogens with zero attached hydrogens (tertiary/aromatic N) is 3. The first-order valence-electron chi connectivity index (χ1n) is 8.31. The molecule has 1 atom stereocenters. The molecule has 134 valence electrons. The Morgan fingerprint density at radius 2 is 1.81 bits per heavy atom. The van der Waals surface area contributed by atoms with Gasteiger partial charge in [-0.3, -0.25) is 4.79 Å². The maximum absolute atomic E-state index is 12.7. The largest absolute Gasteiger partial charge is 0.497 e. The predicted molar refractivity (Wildman–Crippen MR) is 104 cm³/mol. The van der Waals surface area contributed by atoms with E-state index in [4.69, 9.17) is 4.74 Å². The minimum Gasteiger partial charge on any atom is -0.497 e. The summed E-state index contributed by atoms with van der Waals surface area (Å²) in [4.78, 5) is 12.7. The summed E-state index contributed by atoms with van der Waals surface area (Å²) in [5.74, 6) is 1.59. The number of benzene rings is 2. The number of rotatable bonds is 6. The van der Waals surface area contributed by atoms with E-state index in [0.717, 1.165) is 27.9 Å². The Bertz CT molecular complexity index is 919. The van der Waals surface area contributed by atoms with Crippen LogP contribution in [0.5, 0.6) is 5.75 Å². The van der Waals surface area contributed by atoms with Crippen LogP contribution in [0.3, 0.4) is 0 Å². The van der Waals surface area contributed by atoms with E-state index in [1.807, 2.05) is 49.7 Å². The lowest BCUT2D eigenvalue weighted by Crippen LogP contribution is -2.14. The number of hydrogen-bond acceptors (Lipinski definition) is 5. The van der Waals surface area contributed by atoms with Crippen LogP contribution in [0.15, 0.2) is 53.7 Å². The first-order chi connectivity index (χ1) is 12.5. The topological polar surface area (TPSA) is 57.0 Å². The minimum atomic E-state index is -0.268. The van der Waals surface area contributed by atoms with Gasteiger partial charge in [0.15, 0.2) is 16.8 Å². The van der Waals surface area contributed by atoms with Gasteiger partial charge in [-0.1, -0.05) is 36.0 Å². The van der Waals surface area contributed by atoms with Gasteiger partial charge in [-0.05, 0) is 43.7 Å². The molecule has 2 aromatic carbocycles. The highest BCUT2D eigenvalue weighted by Gasteiger charge is 2.21. The predicted octanol–water partition coefficient (Wildman–Crippen LogP) is 4.16. The molecule has 0 spiro atoms. The van der Waals surface area contributed by atoms with Gasteiger partial charge in [0.25, 0.3) is 0 Å². The first kappa shape index (κ1) is 18.2. The molecule has 1 heterocycles. The molecule has 5 nitrogen and oxygen atoms in total. The number of carbonyl (C=O) groups is 1. The zero-order chi connectivity index (χ0) is 18.7. The highest BCUT2D eigenvalue weighted by atomic mass is 32.2. The van der Waals surface area contributed by atoms with Crippen LogP contribution in [0.4, 0.5) is 0 Å². The highest BCUT2D eigenvalue weighted by molar-refractivity contribution is 8.00. The average molecular weight is 367 g/mol. The molecule has 6 heteroatoms. The Hall–Kier alpha value is -2.60. The monoisotopic (exact) mass is 367 g/mol. The number of hydrogen-bond donors (Lipinski definition) is 0. The molecule has 26 heavy (non-hydrogen) atoms. The van der Waals surface area contributed by atoms with Crippen LogP contribution < -0.4 is 4.74 Å². The van der Waals surface area contributed by atoms with Crippen molar-refractivity contribution in [3.8, 4) is 17.1 Å². The van der Waals surface area contributed by atoms with Gasteiger partial charge in [-0.2, -0.15) is 0 Å². The molecule has 0 radical (unpaired) electrons. The van der Waals surface area contributed by atoms with Crippen LogP contribution in [0.1, 0.15) is 22.8 Å². The smallest absolute Gasteiger partial charge is 0.191 e. The van der Waals surface area contributed by atoms with Crippen LogP contribution in [-0.2, 0) is 7.05 Å². The van der Waals surface area contributed by atoms with Crippen molar-refractivity contribution < 1.29 is 9.53 Å². The molecule has 0 N–H and O–H groups in total. The molecule has 0 aliphatic rings. The number of thioether (sulfide) groups is 1. The van der Waals surface area contributed by atoms with Crippen LogP contribution in [0, 0.1) is 6.92 Å². The SMILES string of the molecule is COc1ccc(C(=O)C(C)Sc2nnc(-c3ccccc3C)n2C)cc1. The zero-order valence-electron chi connectivity index (χ0n) is 15.3. The number of aromatic nitrogens is 3. The quantitative estimate of drug-likeness (QED) is 0.484. The summed E-state index contributed by atoms with van der Waals surface area (Å²) < 4.78 is 7.07. The zero-order valence-corrected chi connectivity index (χ0v) is 16.1. The Morgan fingerprint density at radius 1 is 1.12 bits per heavy atom. The number of methoxy groups -OCH3 is 1. The summed E-state index contributed by atoms with van der Waals surface area (Å²) in [7, 11) is 3.53. The van der Waals surface area contributed by atoms with Crippen molar-refractivity contribution in [3.05, 3.63) is 59.7 Å². The van der Waals surface area contributed by atoms with E-state index in [9.17, 15) is 4.79 Å². The lowest BCUT2D eigenvalue weighted by molar-refractivity contribution is 0.0994. The van der Waals surface area contributed by atoms with Crippen molar-refractivity contribution >= 4 is 17.5 Å². The molecule has 0 saturated carbocycles. The van der Waals surface area contributed by atoms with Gasteiger partial charge < -0.3 is 9.30 Å². The summed E-state index contributed by atoms with van der Waals surface area (Å²) in [5, 5.41) is 9.05. The molecule has 0 amide bonds. The van der Waals surface area contributed by atoms with Crippen molar-refractivity contribution in [1.29, 1.82) is 0 Å².